The van der Waals surface area contributed by atoms with E-state index in [1.807, 2.05) is 0 Å². The number of hydrogen-bond acceptors (Lipinski definition) is 4. The first-order valence-electron chi connectivity index (χ1n) is 6.38. The third-order valence-electron chi connectivity index (χ3n) is 2.85. The summed E-state index contributed by atoms with van der Waals surface area (Å²) >= 11 is 0. The Balaban J connectivity index is 3.01. The minimum atomic E-state index is -0.873. The van der Waals surface area contributed by atoms with Crippen LogP contribution in [-0.4, -0.2) is 40.8 Å². The molecule has 0 aromatic carbocycles. The lowest BCUT2D eigenvalue weighted by molar-refractivity contribution is -0.124. The predicted octanol–water partition coefficient (Wildman–Crippen LogP) is 2.50. The SMILES string of the molecule is C=CC[C@@H]1C(C=O)OC(C)(C)N1C(=O)OC(C)(C)C. The third kappa shape index (κ3) is 3.56. The van der Waals surface area contributed by atoms with Crippen LogP contribution in [0.2, 0.25) is 0 Å². The smallest absolute Gasteiger partial charge is 0.412 e. The van der Waals surface area contributed by atoms with Crippen LogP contribution in [0, 0.1) is 0 Å². The van der Waals surface area contributed by atoms with Crippen molar-refractivity contribution in [3.05, 3.63) is 12.7 Å². The second-order valence-electron chi connectivity index (χ2n) is 6.11. The van der Waals surface area contributed by atoms with Gasteiger partial charge in [0.25, 0.3) is 0 Å². The summed E-state index contributed by atoms with van der Waals surface area (Å²) < 4.78 is 11.0. The van der Waals surface area contributed by atoms with E-state index in [4.69, 9.17) is 9.47 Å². The van der Waals surface area contributed by atoms with Gasteiger partial charge < -0.3 is 14.3 Å². The summed E-state index contributed by atoms with van der Waals surface area (Å²) in [4.78, 5) is 24.9. The molecule has 1 amide bonds. The Morgan fingerprint density at radius 3 is 2.47 bits per heavy atom. The van der Waals surface area contributed by atoms with Crippen LogP contribution < -0.4 is 0 Å². The summed E-state index contributed by atoms with van der Waals surface area (Å²) in [5, 5.41) is 0. The van der Waals surface area contributed by atoms with E-state index in [0.29, 0.717) is 6.42 Å². The van der Waals surface area contributed by atoms with Gasteiger partial charge in [-0.05, 0) is 41.0 Å². The number of hydrogen-bond donors (Lipinski definition) is 0. The normalized spacial score (nSPS) is 26.1. The van der Waals surface area contributed by atoms with Crippen molar-refractivity contribution in [3.8, 4) is 0 Å². The highest BCUT2D eigenvalue weighted by atomic mass is 16.6. The first-order valence-corrected chi connectivity index (χ1v) is 6.38. The molecule has 0 aromatic heterocycles. The highest BCUT2D eigenvalue weighted by Gasteiger charge is 2.50. The molecule has 1 unspecified atom stereocenters. The van der Waals surface area contributed by atoms with E-state index in [-0.39, 0.29) is 6.04 Å². The zero-order valence-electron chi connectivity index (χ0n) is 12.3. The van der Waals surface area contributed by atoms with Crippen LogP contribution in [0.1, 0.15) is 41.0 Å². The fraction of sp³-hybridized carbons (Fsp3) is 0.714. The van der Waals surface area contributed by atoms with Crippen LogP contribution in [0.5, 0.6) is 0 Å². The Kier molecular flexibility index (Phi) is 4.40. The van der Waals surface area contributed by atoms with E-state index in [2.05, 4.69) is 6.58 Å². The summed E-state index contributed by atoms with van der Waals surface area (Å²) in [5.41, 5.74) is -1.47. The van der Waals surface area contributed by atoms with Gasteiger partial charge in [0, 0.05) is 0 Å². The Hall–Kier alpha value is -1.36. The van der Waals surface area contributed by atoms with Gasteiger partial charge in [-0.25, -0.2) is 4.79 Å². The molecule has 1 heterocycles. The average Bonchev–Trinajstić information content (AvgIpc) is 2.47. The molecule has 0 N–H and O–H groups in total. The maximum absolute atomic E-state index is 12.3. The van der Waals surface area contributed by atoms with Crippen molar-refractivity contribution in [3.63, 3.8) is 0 Å². The number of amides is 1. The highest BCUT2D eigenvalue weighted by molar-refractivity contribution is 5.72. The van der Waals surface area contributed by atoms with Crippen molar-refractivity contribution in [2.45, 2.75) is 64.5 Å². The maximum atomic E-state index is 12.3. The number of carbonyl (C=O) groups is 2. The Morgan fingerprint density at radius 1 is 1.47 bits per heavy atom. The zero-order valence-corrected chi connectivity index (χ0v) is 12.3. The number of nitrogens with zero attached hydrogens (tertiary/aromatic N) is 1. The third-order valence-corrected chi connectivity index (χ3v) is 2.85. The van der Waals surface area contributed by atoms with E-state index in [1.165, 1.54) is 4.90 Å². The van der Waals surface area contributed by atoms with Crippen molar-refractivity contribution in [2.24, 2.45) is 0 Å². The molecule has 19 heavy (non-hydrogen) atoms. The first-order chi connectivity index (χ1) is 8.62. The van der Waals surface area contributed by atoms with Gasteiger partial charge in [0.15, 0.2) is 6.29 Å². The molecule has 0 bridgehead atoms. The highest BCUT2D eigenvalue weighted by Crippen LogP contribution is 2.34. The van der Waals surface area contributed by atoms with E-state index in [0.717, 1.165) is 6.29 Å². The molecule has 1 fully saturated rings. The van der Waals surface area contributed by atoms with E-state index in [9.17, 15) is 9.59 Å². The molecule has 1 aliphatic rings. The molecule has 0 saturated carbocycles. The quantitative estimate of drug-likeness (QED) is 0.583. The molecule has 2 atom stereocenters. The van der Waals surface area contributed by atoms with Crippen LogP contribution >= 0.6 is 0 Å². The molecule has 5 heteroatoms. The number of aldehydes is 1. The summed E-state index contributed by atoms with van der Waals surface area (Å²) in [6, 6.07) is -0.375. The largest absolute Gasteiger partial charge is 0.444 e. The minimum Gasteiger partial charge on any atom is -0.444 e. The Morgan fingerprint density at radius 2 is 2.05 bits per heavy atom. The van der Waals surface area contributed by atoms with Gasteiger partial charge in [-0.1, -0.05) is 6.08 Å². The molecule has 0 spiro atoms. The van der Waals surface area contributed by atoms with Gasteiger partial charge in [-0.3, -0.25) is 4.90 Å². The van der Waals surface area contributed by atoms with Gasteiger partial charge in [-0.15, -0.1) is 6.58 Å². The van der Waals surface area contributed by atoms with Gasteiger partial charge >= 0.3 is 6.09 Å². The molecular weight excluding hydrogens is 246 g/mol. The first kappa shape index (κ1) is 15.7. The van der Waals surface area contributed by atoms with Crippen LogP contribution in [0.4, 0.5) is 4.79 Å². The van der Waals surface area contributed by atoms with Crippen molar-refractivity contribution < 1.29 is 19.1 Å². The number of carbonyl (C=O) groups excluding carboxylic acids is 2. The van der Waals surface area contributed by atoms with Crippen molar-refractivity contribution in [2.75, 3.05) is 0 Å². The van der Waals surface area contributed by atoms with Crippen LogP contribution in [-0.2, 0) is 14.3 Å². The molecule has 1 rings (SSSR count). The topological polar surface area (TPSA) is 55.8 Å². The molecule has 0 aromatic rings. The number of rotatable bonds is 3. The molecule has 1 saturated heterocycles. The molecule has 0 radical (unpaired) electrons. The lowest BCUT2D eigenvalue weighted by Gasteiger charge is -2.34. The molecular formula is C14H23NO4. The number of ether oxygens (including phenoxy) is 2. The van der Waals surface area contributed by atoms with Crippen LogP contribution in [0.15, 0.2) is 12.7 Å². The molecule has 1 aliphatic heterocycles. The van der Waals surface area contributed by atoms with Gasteiger partial charge in [0.1, 0.15) is 17.4 Å². The van der Waals surface area contributed by atoms with Gasteiger partial charge in [-0.2, -0.15) is 0 Å². The molecule has 108 valence electrons. The summed E-state index contributed by atoms with van der Waals surface area (Å²) in [5.74, 6) is 0. The van der Waals surface area contributed by atoms with Gasteiger partial charge in [0.2, 0.25) is 0 Å². The second-order valence-corrected chi connectivity index (χ2v) is 6.11. The fourth-order valence-corrected chi connectivity index (χ4v) is 2.21. The molecule has 5 nitrogen and oxygen atoms in total. The second kappa shape index (κ2) is 5.33. The van der Waals surface area contributed by atoms with Crippen LogP contribution in [0.25, 0.3) is 0 Å². The monoisotopic (exact) mass is 269 g/mol. The van der Waals surface area contributed by atoms with E-state index >= 15 is 0 Å². The average molecular weight is 269 g/mol. The summed E-state index contributed by atoms with van der Waals surface area (Å²) in [6.07, 6.45) is 1.74. The Bertz CT molecular complexity index is 370. The minimum absolute atomic E-state index is 0.375. The fourth-order valence-electron chi connectivity index (χ4n) is 2.21. The van der Waals surface area contributed by atoms with E-state index in [1.54, 1.807) is 40.7 Å². The van der Waals surface area contributed by atoms with Crippen molar-refractivity contribution in [1.29, 1.82) is 0 Å². The summed E-state index contributed by atoms with van der Waals surface area (Å²) in [7, 11) is 0. The maximum Gasteiger partial charge on any atom is 0.412 e. The standard InChI is InChI=1S/C14H23NO4/c1-7-8-10-11(9-16)18-14(5,6)15(10)12(17)19-13(2,3)4/h7,9-11H,1,8H2,2-6H3/t10-,11?/m1/s1. The molecule has 0 aliphatic carbocycles. The van der Waals surface area contributed by atoms with E-state index < -0.39 is 23.5 Å². The van der Waals surface area contributed by atoms with Crippen molar-refractivity contribution >= 4 is 12.4 Å². The van der Waals surface area contributed by atoms with Crippen LogP contribution in [0.3, 0.4) is 0 Å². The predicted molar refractivity (Wildman–Crippen MR) is 71.7 cm³/mol. The lowest BCUT2D eigenvalue weighted by atomic mass is 10.1. The van der Waals surface area contributed by atoms with Crippen molar-refractivity contribution in [1.82, 2.24) is 4.90 Å². The lowest BCUT2D eigenvalue weighted by Crippen LogP contribution is -2.50. The van der Waals surface area contributed by atoms with Gasteiger partial charge in [0.05, 0.1) is 6.04 Å². The zero-order chi connectivity index (χ0) is 14.8. The Labute approximate surface area is 114 Å². The summed E-state index contributed by atoms with van der Waals surface area (Å²) in [6.45, 7) is 12.6.